The summed E-state index contributed by atoms with van der Waals surface area (Å²) in [7, 11) is 3.15. The van der Waals surface area contributed by atoms with Crippen molar-refractivity contribution in [3.63, 3.8) is 0 Å². The van der Waals surface area contributed by atoms with E-state index in [2.05, 4.69) is 4.99 Å². The van der Waals surface area contributed by atoms with Gasteiger partial charge in [-0.2, -0.15) is 13.2 Å². The molecule has 0 aliphatic carbocycles. The van der Waals surface area contributed by atoms with E-state index < -0.39 is 23.6 Å². The number of hydrogen-bond donors (Lipinski definition) is 1. The minimum absolute atomic E-state index is 0.0379. The van der Waals surface area contributed by atoms with E-state index in [9.17, 15) is 18.3 Å². The maximum absolute atomic E-state index is 13.9. The van der Waals surface area contributed by atoms with Crippen LogP contribution in [0, 0.1) is 12.3 Å². The number of alkyl halides is 3. The highest BCUT2D eigenvalue weighted by molar-refractivity contribution is 5.65. The van der Waals surface area contributed by atoms with Crippen LogP contribution in [0.3, 0.4) is 0 Å². The standard InChI is InChI=1S/C20H31F3N2O2/c1-13(2)25(7)12-24-16-10-17(27-8)15(9-14(16)3)19(26,20(21,22)23)11-18(4,5)6/h9-10,12-13,26H,11H2,1-8H3. The Morgan fingerprint density at radius 3 is 2.19 bits per heavy atom. The summed E-state index contributed by atoms with van der Waals surface area (Å²) in [5.41, 5.74) is -3.04. The molecule has 0 radical (unpaired) electrons. The fourth-order valence-corrected chi connectivity index (χ4v) is 2.71. The fraction of sp³-hybridized carbons (Fsp3) is 0.650. The number of ether oxygens (including phenoxy) is 1. The molecular weight excluding hydrogens is 357 g/mol. The van der Waals surface area contributed by atoms with E-state index >= 15 is 0 Å². The van der Waals surface area contributed by atoms with Gasteiger partial charge in [0.1, 0.15) is 5.75 Å². The first-order valence-corrected chi connectivity index (χ1v) is 8.86. The van der Waals surface area contributed by atoms with Crippen molar-refractivity contribution in [3.05, 3.63) is 23.3 Å². The highest BCUT2D eigenvalue weighted by Gasteiger charge is 2.57. The van der Waals surface area contributed by atoms with Gasteiger partial charge in [0.2, 0.25) is 0 Å². The van der Waals surface area contributed by atoms with E-state index in [0.29, 0.717) is 11.3 Å². The van der Waals surface area contributed by atoms with Gasteiger partial charge in [0.05, 0.1) is 19.1 Å². The van der Waals surface area contributed by atoms with Gasteiger partial charge in [0.25, 0.3) is 0 Å². The minimum Gasteiger partial charge on any atom is -0.496 e. The summed E-state index contributed by atoms with van der Waals surface area (Å²) >= 11 is 0. The molecule has 0 amide bonds. The minimum atomic E-state index is -4.84. The number of aliphatic imine (C=N–C) groups is 1. The van der Waals surface area contributed by atoms with Crippen molar-refractivity contribution in [3.8, 4) is 5.75 Å². The second-order valence-corrected chi connectivity index (χ2v) is 8.44. The monoisotopic (exact) mass is 388 g/mol. The third kappa shape index (κ3) is 5.61. The lowest BCUT2D eigenvalue weighted by molar-refractivity contribution is -0.276. The summed E-state index contributed by atoms with van der Waals surface area (Å²) < 4.78 is 46.8. The summed E-state index contributed by atoms with van der Waals surface area (Å²) in [6, 6.07) is 2.99. The first kappa shape index (κ1) is 23.3. The molecule has 0 aliphatic heterocycles. The van der Waals surface area contributed by atoms with Gasteiger partial charge >= 0.3 is 6.18 Å². The Labute approximate surface area is 160 Å². The van der Waals surface area contributed by atoms with Crippen LogP contribution in [0.25, 0.3) is 0 Å². The maximum Gasteiger partial charge on any atom is 0.421 e. The smallest absolute Gasteiger partial charge is 0.421 e. The third-order valence-corrected chi connectivity index (χ3v) is 4.41. The Hall–Kier alpha value is -1.76. The average Bonchev–Trinajstić information content (AvgIpc) is 2.50. The quantitative estimate of drug-likeness (QED) is 0.539. The van der Waals surface area contributed by atoms with Crippen LogP contribution in [0.15, 0.2) is 17.1 Å². The molecule has 0 spiro atoms. The van der Waals surface area contributed by atoms with Gasteiger partial charge in [0.15, 0.2) is 5.60 Å². The predicted molar refractivity (Wildman–Crippen MR) is 103 cm³/mol. The first-order valence-electron chi connectivity index (χ1n) is 8.86. The van der Waals surface area contributed by atoms with Crippen LogP contribution in [-0.2, 0) is 5.60 Å². The number of aryl methyl sites for hydroxylation is 1. The molecule has 0 fully saturated rings. The summed E-state index contributed by atoms with van der Waals surface area (Å²) in [5, 5.41) is 10.7. The lowest BCUT2D eigenvalue weighted by Crippen LogP contribution is -2.45. The molecule has 4 nitrogen and oxygen atoms in total. The lowest BCUT2D eigenvalue weighted by atomic mass is 9.77. The normalized spacial score (nSPS) is 15.3. The second kappa shape index (κ2) is 8.09. The van der Waals surface area contributed by atoms with Crippen molar-refractivity contribution in [2.45, 2.75) is 65.8 Å². The van der Waals surface area contributed by atoms with E-state index in [1.54, 1.807) is 34.0 Å². The molecule has 0 aliphatic rings. The number of hydrogen-bond acceptors (Lipinski definition) is 3. The highest BCUT2D eigenvalue weighted by Crippen LogP contribution is 2.50. The van der Waals surface area contributed by atoms with Gasteiger partial charge in [-0.05, 0) is 44.2 Å². The summed E-state index contributed by atoms with van der Waals surface area (Å²) in [6.45, 7) is 10.6. The molecule has 0 heterocycles. The number of rotatable bonds is 6. The van der Waals surface area contributed by atoms with Crippen molar-refractivity contribution in [1.29, 1.82) is 0 Å². The van der Waals surface area contributed by atoms with Crippen molar-refractivity contribution in [1.82, 2.24) is 4.90 Å². The van der Waals surface area contributed by atoms with Crippen LogP contribution in [-0.4, -0.2) is 42.7 Å². The Morgan fingerprint density at radius 1 is 1.22 bits per heavy atom. The summed E-state index contributed by atoms with van der Waals surface area (Å²) in [4.78, 5) is 6.23. The molecule has 1 atom stereocenters. The zero-order valence-corrected chi connectivity index (χ0v) is 17.4. The summed E-state index contributed by atoms with van der Waals surface area (Å²) in [5.74, 6) is -0.0379. The molecule has 0 bridgehead atoms. The highest BCUT2D eigenvalue weighted by atomic mass is 19.4. The molecule has 1 rings (SSSR count). The molecular formula is C20H31F3N2O2. The molecule has 0 saturated carbocycles. The third-order valence-electron chi connectivity index (χ3n) is 4.41. The van der Waals surface area contributed by atoms with Gasteiger partial charge in [-0.3, -0.25) is 0 Å². The second-order valence-electron chi connectivity index (χ2n) is 8.44. The predicted octanol–water partition coefficient (Wildman–Crippen LogP) is 5.19. The largest absolute Gasteiger partial charge is 0.496 e. The van der Waals surface area contributed by atoms with E-state index in [-0.39, 0.29) is 17.4 Å². The fourth-order valence-electron chi connectivity index (χ4n) is 2.71. The van der Waals surface area contributed by atoms with Gasteiger partial charge in [-0.15, -0.1) is 0 Å². The van der Waals surface area contributed by atoms with E-state index in [1.807, 2.05) is 25.8 Å². The zero-order valence-electron chi connectivity index (χ0n) is 17.4. The van der Waals surface area contributed by atoms with Gasteiger partial charge < -0.3 is 14.7 Å². The van der Waals surface area contributed by atoms with Crippen LogP contribution >= 0.6 is 0 Å². The number of methoxy groups -OCH3 is 1. The van der Waals surface area contributed by atoms with Gasteiger partial charge in [0, 0.05) is 24.7 Å². The molecule has 1 aromatic carbocycles. The average molecular weight is 388 g/mol. The molecule has 154 valence electrons. The topological polar surface area (TPSA) is 45.1 Å². The van der Waals surface area contributed by atoms with Crippen LogP contribution < -0.4 is 4.74 Å². The van der Waals surface area contributed by atoms with Crippen LogP contribution in [0.5, 0.6) is 5.75 Å². The van der Waals surface area contributed by atoms with Crippen molar-refractivity contribution in [2.75, 3.05) is 14.2 Å². The van der Waals surface area contributed by atoms with E-state index in [0.717, 1.165) is 0 Å². The molecule has 27 heavy (non-hydrogen) atoms. The van der Waals surface area contributed by atoms with Crippen molar-refractivity contribution >= 4 is 12.0 Å². The number of aliphatic hydroxyl groups is 1. The van der Waals surface area contributed by atoms with E-state index in [4.69, 9.17) is 4.74 Å². The molecule has 1 N–H and O–H groups in total. The van der Waals surface area contributed by atoms with Gasteiger partial charge in [-0.1, -0.05) is 20.8 Å². The molecule has 0 aromatic heterocycles. The first-order chi connectivity index (χ1) is 12.1. The van der Waals surface area contributed by atoms with Crippen molar-refractivity contribution < 1.29 is 23.0 Å². The zero-order chi connectivity index (χ0) is 21.2. The molecule has 0 saturated heterocycles. The Bertz CT molecular complexity index is 679. The van der Waals surface area contributed by atoms with Crippen LogP contribution in [0.1, 0.15) is 52.2 Å². The van der Waals surface area contributed by atoms with Crippen molar-refractivity contribution in [2.24, 2.45) is 10.4 Å². The van der Waals surface area contributed by atoms with Gasteiger partial charge in [-0.25, -0.2) is 4.99 Å². The molecule has 7 heteroatoms. The Balaban J connectivity index is 3.53. The maximum atomic E-state index is 13.9. The molecule has 1 aromatic rings. The Kier molecular flexibility index (Phi) is 6.97. The van der Waals surface area contributed by atoms with E-state index in [1.165, 1.54) is 19.2 Å². The number of benzene rings is 1. The number of nitrogens with zero attached hydrogens (tertiary/aromatic N) is 2. The lowest BCUT2D eigenvalue weighted by Gasteiger charge is -2.37. The summed E-state index contributed by atoms with van der Waals surface area (Å²) in [6.07, 6.45) is -3.71. The SMILES string of the molecule is COc1cc(N=CN(C)C(C)C)c(C)cc1C(O)(CC(C)(C)C)C(F)(F)F. The molecule has 1 unspecified atom stereocenters. The van der Waals surface area contributed by atoms with Crippen LogP contribution in [0.2, 0.25) is 0 Å². The number of halogens is 3. The Morgan fingerprint density at radius 2 is 1.78 bits per heavy atom. The van der Waals surface area contributed by atoms with Crippen LogP contribution in [0.4, 0.5) is 18.9 Å².